The monoisotopic (exact) mass is 552 g/mol. The molecule has 0 N–H and O–H groups in total. The van der Waals surface area contributed by atoms with Crippen molar-refractivity contribution < 1.29 is 0 Å². The number of rotatable bonds is 3. The van der Waals surface area contributed by atoms with Crippen molar-refractivity contribution in [3.63, 3.8) is 0 Å². The molecule has 0 radical (unpaired) electrons. The summed E-state index contributed by atoms with van der Waals surface area (Å²) < 4.78 is 5.05. The van der Waals surface area contributed by atoms with Gasteiger partial charge in [0, 0.05) is 0 Å². The number of para-hydroxylation sites is 1. The van der Waals surface area contributed by atoms with Crippen LogP contribution in [0.5, 0.6) is 0 Å². The number of benzene rings is 5. The quantitative estimate of drug-likeness (QED) is 0.212. The van der Waals surface area contributed by atoms with Crippen molar-refractivity contribution >= 4 is 55.6 Å². The summed E-state index contributed by atoms with van der Waals surface area (Å²) in [4.78, 5) is 15.0. The van der Waals surface area contributed by atoms with E-state index < -0.39 is 0 Å². The van der Waals surface area contributed by atoms with Crippen molar-refractivity contribution in [2.45, 2.75) is 0 Å². The summed E-state index contributed by atoms with van der Waals surface area (Å²) in [5.74, 6) is 1.96. The van der Waals surface area contributed by atoms with E-state index in [1.807, 2.05) is 60.7 Å². The Morgan fingerprint density at radius 3 is 1.76 bits per heavy atom. The van der Waals surface area contributed by atoms with Crippen LogP contribution in [0.4, 0.5) is 0 Å². The van der Waals surface area contributed by atoms with Crippen molar-refractivity contribution in [1.29, 1.82) is 0 Å². The van der Waals surface area contributed by atoms with Gasteiger partial charge in [-0.2, -0.15) is 0 Å². The van der Waals surface area contributed by atoms with Crippen molar-refractivity contribution in [2.24, 2.45) is 0 Å². The van der Waals surface area contributed by atoms with Gasteiger partial charge >= 0.3 is 225 Å². The fourth-order valence-corrected chi connectivity index (χ4v) is 7.65. The molecule has 3 aromatic heterocycles. The number of fused-ring (bicyclic) bond motifs is 6. The Balaban J connectivity index is 1.48. The minimum atomic E-state index is 0.269. The summed E-state index contributed by atoms with van der Waals surface area (Å²) in [7, 11) is 0. The maximum atomic E-state index is 5.05. The fraction of sp³-hybridized carbons (Fsp3) is 0. The van der Waals surface area contributed by atoms with E-state index >= 15 is 0 Å². The predicted octanol–water partition coefficient (Wildman–Crippen LogP) is 7.67. The van der Waals surface area contributed by atoms with Gasteiger partial charge in [-0.3, -0.25) is 0 Å². The minimum absolute atomic E-state index is 0.269. The first-order chi connectivity index (χ1) is 18.8. The van der Waals surface area contributed by atoms with Gasteiger partial charge < -0.3 is 0 Å². The first kappa shape index (κ1) is 21.5. The van der Waals surface area contributed by atoms with Gasteiger partial charge in [-0.25, -0.2) is 0 Å². The molecule has 38 heavy (non-hydrogen) atoms. The molecular formula is C33H20N4Se. The van der Waals surface area contributed by atoms with Gasteiger partial charge in [0.15, 0.2) is 0 Å². The van der Waals surface area contributed by atoms with Crippen LogP contribution in [0.15, 0.2) is 121 Å². The Labute approximate surface area is 224 Å². The second kappa shape index (κ2) is 8.49. The van der Waals surface area contributed by atoms with E-state index in [1.165, 1.54) is 30.1 Å². The Morgan fingerprint density at radius 2 is 1.05 bits per heavy atom. The van der Waals surface area contributed by atoms with Crippen LogP contribution < -0.4 is 0 Å². The van der Waals surface area contributed by atoms with Crippen LogP contribution in [0.1, 0.15) is 0 Å². The molecule has 0 spiro atoms. The van der Waals surface area contributed by atoms with Crippen molar-refractivity contribution in [3.05, 3.63) is 121 Å². The molecule has 5 aromatic carbocycles. The summed E-state index contributed by atoms with van der Waals surface area (Å²) in [6, 6.07) is 42.4. The van der Waals surface area contributed by atoms with Gasteiger partial charge in [0.2, 0.25) is 0 Å². The van der Waals surface area contributed by atoms with E-state index in [1.54, 1.807) is 0 Å². The van der Waals surface area contributed by atoms with Gasteiger partial charge in [0.05, 0.1) is 0 Å². The number of hydrogen-bond acceptors (Lipinski definition) is 3. The van der Waals surface area contributed by atoms with Crippen molar-refractivity contribution in [3.8, 4) is 28.7 Å². The summed E-state index contributed by atoms with van der Waals surface area (Å²) in [5, 5.41) is 5.13. The van der Waals surface area contributed by atoms with Crippen LogP contribution in [0.3, 0.4) is 0 Å². The Kier molecular flexibility index (Phi) is 4.80. The van der Waals surface area contributed by atoms with E-state index in [9.17, 15) is 0 Å². The average molecular weight is 552 g/mol. The summed E-state index contributed by atoms with van der Waals surface area (Å²) in [5.41, 5.74) is 4.16. The molecule has 0 bridgehead atoms. The molecule has 0 saturated heterocycles. The maximum absolute atomic E-state index is 5.05. The van der Waals surface area contributed by atoms with Gasteiger partial charge in [-0.15, -0.1) is 0 Å². The van der Waals surface area contributed by atoms with Crippen LogP contribution in [-0.2, 0) is 0 Å². The third kappa shape index (κ3) is 3.33. The Hall–Kier alpha value is -4.57. The summed E-state index contributed by atoms with van der Waals surface area (Å²) in [6.07, 6.45) is 0. The molecule has 5 heteroatoms. The Bertz CT molecular complexity index is 2070. The number of aromatic nitrogens is 4. The molecule has 4 nitrogen and oxygen atoms in total. The van der Waals surface area contributed by atoms with E-state index in [-0.39, 0.29) is 14.5 Å². The zero-order valence-electron chi connectivity index (χ0n) is 20.2. The van der Waals surface area contributed by atoms with E-state index in [0.29, 0.717) is 17.6 Å². The topological polar surface area (TPSA) is 43.6 Å². The first-order valence-corrected chi connectivity index (χ1v) is 14.3. The molecule has 0 unspecified atom stereocenters. The molecule has 0 aliphatic carbocycles. The molecule has 8 rings (SSSR count). The fourth-order valence-electron chi connectivity index (χ4n) is 5.30. The van der Waals surface area contributed by atoms with E-state index in [0.717, 1.165) is 22.2 Å². The molecule has 0 atom stereocenters. The third-order valence-electron chi connectivity index (χ3n) is 7.06. The third-order valence-corrected chi connectivity index (χ3v) is 9.44. The molecule has 0 aliphatic heterocycles. The zero-order chi connectivity index (χ0) is 25.1. The van der Waals surface area contributed by atoms with Gasteiger partial charge in [-0.1, -0.05) is 0 Å². The molecular weight excluding hydrogens is 531 g/mol. The first-order valence-electron chi connectivity index (χ1n) is 12.6. The molecule has 178 valence electrons. The van der Waals surface area contributed by atoms with E-state index in [2.05, 4.69) is 65.2 Å². The van der Waals surface area contributed by atoms with Gasteiger partial charge in [0.25, 0.3) is 0 Å². The molecule has 0 fully saturated rings. The summed E-state index contributed by atoms with van der Waals surface area (Å²) >= 11 is 0.269. The van der Waals surface area contributed by atoms with Crippen LogP contribution >= 0.6 is 0 Å². The van der Waals surface area contributed by atoms with Crippen LogP contribution in [0, 0.1) is 0 Å². The van der Waals surface area contributed by atoms with Gasteiger partial charge in [-0.05, 0) is 0 Å². The SMILES string of the molecule is c1ccc(-c2nc(-c3ccccc3)nc(-n3c4ccccc4c4cc5c(cc43)[se]c3ccccc35)n2)cc1. The van der Waals surface area contributed by atoms with Crippen LogP contribution in [-0.4, -0.2) is 34.0 Å². The molecule has 0 aliphatic rings. The number of hydrogen-bond donors (Lipinski definition) is 0. The molecule has 0 amide bonds. The van der Waals surface area contributed by atoms with Crippen LogP contribution in [0.2, 0.25) is 0 Å². The van der Waals surface area contributed by atoms with E-state index in [4.69, 9.17) is 15.0 Å². The average Bonchev–Trinajstić information content (AvgIpc) is 3.51. The molecule has 0 saturated carbocycles. The zero-order valence-corrected chi connectivity index (χ0v) is 22.0. The van der Waals surface area contributed by atoms with Gasteiger partial charge in [0.1, 0.15) is 0 Å². The van der Waals surface area contributed by atoms with Crippen LogP contribution in [0.25, 0.3) is 69.8 Å². The predicted molar refractivity (Wildman–Crippen MR) is 157 cm³/mol. The Morgan fingerprint density at radius 1 is 0.447 bits per heavy atom. The summed E-state index contributed by atoms with van der Waals surface area (Å²) in [6.45, 7) is 0. The second-order valence-corrected chi connectivity index (χ2v) is 11.6. The number of nitrogens with zero attached hydrogens (tertiary/aromatic N) is 4. The normalized spacial score (nSPS) is 11.7. The van der Waals surface area contributed by atoms with Crippen molar-refractivity contribution in [2.75, 3.05) is 0 Å². The van der Waals surface area contributed by atoms with Crippen molar-refractivity contribution in [1.82, 2.24) is 19.5 Å². The molecule has 8 aromatic rings. The standard InChI is InChI=1S/C33H20N4Se/c1-3-11-21(12-4-1)31-34-32(22-13-5-2-6-14-22)36-33(35-31)37-27-17-9-7-15-23(27)25-19-26-24-16-8-10-18-29(24)38-30(26)20-28(25)37/h1-20H. The second-order valence-electron chi connectivity index (χ2n) is 9.33. The molecule has 3 heterocycles.